The Bertz CT molecular complexity index is 922. The Labute approximate surface area is 174 Å². The molecule has 0 atom stereocenters. The van der Waals surface area contributed by atoms with Crippen LogP contribution < -0.4 is 10.0 Å². The molecule has 6 nitrogen and oxygen atoms in total. The number of hydrogen-bond donors (Lipinski definition) is 2. The Balaban J connectivity index is 1.78. The number of carbonyl (C=O) groups excluding carboxylic acids is 2. The van der Waals surface area contributed by atoms with Crippen molar-refractivity contribution in [1.29, 1.82) is 0 Å². The number of thiophene rings is 1. The van der Waals surface area contributed by atoms with E-state index in [-0.39, 0.29) is 36.3 Å². The quantitative estimate of drug-likeness (QED) is 0.550. The van der Waals surface area contributed by atoms with Gasteiger partial charge in [-0.3, -0.25) is 9.59 Å². The van der Waals surface area contributed by atoms with Crippen LogP contribution in [0.25, 0.3) is 0 Å². The summed E-state index contributed by atoms with van der Waals surface area (Å²) in [4.78, 5) is 24.5. The number of amides is 1. The van der Waals surface area contributed by atoms with Gasteiger partial charge in [-0.2, -0.15) is 0 Å². The number of Topliss-reactive ketones (excluding diaryl/α,β-unsaturated/α-hetero) is 1. The van der Waals surface area contributed by atoms with Gasteiger partial charge in [-0.25, -0.2) is 13.1 Å². The molecule has 0 aliphatic rings. The van der Waals surface area contributed by atoms with Gasteiger partial charge in [0.1, 0.15) is 0 Å². The van der Waals surface area contributed by atoms with E-state index in [9.17, 15) is 18.0 Å². The van der Waals surface area contributed by atoms with E-state index in [0.717, 1.165) is 5.56 Å². The van der Waals surface area contributed by atoms with Crippen LogP contribution in [0.4, 0.5) is 0 Å². The summed E-state index contributed by atoms with van der Waals surface area (Å²) in [7, 11) is -3.37. The van der Waals surface area contributed by atoms with Crippen LogP contribution in [0.3, 0.4) is 0 Å². The molecular formula is C19H23ClN2O4S2. The summed E-state index contributed by atoms with van der Waals surface area (Å²) in [5, 5.41) is 2.76. The average Bonchev–Trinajstić information content (AvgIpc) is 3.04. The number of rotatable bonds is 10. The zero-order valence-electron chi connectivity index (χ0n) is 15.7. The molecule has 2 rings (SSSR count). The van der Waals surface area contributed by atoms with Gasteiger partial charge in [0.05, 0.1) is 15.0 Å². The summed E-state index contributed by atoms with van der Waals surface area (Å²) in [6, 6.07) is 10.2. The van der Waals surface area contributed by atoms with Gasteiger partial charge in [-0.15, -0.1) is 11.3 Å². The second kappa shape index (κ2) is 10.2. The van der Waals surface area contributed by atoms with Gasteiger partial charge in [0.2, 0.25) is 15.9 Å². The molecule has 0 bridgehead atoms. The van der Waals surface area contributed by atoms with Gasteiger partial charge in [0, 0.05) is 25.4 Å². The van der Waals surface area contributed by atoms with Crippen LogP contribution in [0.1, 0.15) is 47.5 Å². The average molecular weight is 443 g/mol. The van der Waals surface area contributed by atoms with Crippen LogP contribution in [0.5, 0.6) is 0 Å². The summed E-state index contributed by atoms with van der Waals surface area (Å²) in [6.07, 6.45) is 0.230. The Morgan fingerprint density at radius 2 is 1.68 bits per heavy atom. The standard InChI is InChI=1S/C19H23ClN2O4S2/c1-13(2)22-28(25,26)12-15-5-3-14(4-6-15)11-21-19(24)10-7-16(23)17-8-9-18(20)27-17/h3-6,8-9,13,22H,7,10-12H2,1-2H3,(H,21,24). The molecular weight excluding hydrogens is 420 g/mol. The third-order valence-corrected chi connectivity index (χ3v) is 6.53. The maximum atomic E-state index is 12.0. The summed E-state index contributed by atoms with van der Waals surface area (Å²) in [5.74, 6) is -0.413. The Hall–Kier alpha value is -1.74. The van der Waals surface area contributed by atoms with Gasteiger partial charge < -0.3 is 5.32 Å². The molecule has 1 heterocycles. The number of nitrogens with one attached hydrogen (secondary N) is 2. The van der Waals surface area contributed by atoms with Crippen molar-refractivity contribution >= 4 is 44.7 Å². The van der Waals surface area contributed by atoms with Crippen molar-refractivity contribution in [2.45, 2.75) is 45.0 Å². The molecule has 0 spiro atoms. The molecule has 0 radical (unpaired) electrons. The normalized spacial score (nSPS) is 11.6. The van der Waals surface area contributed by atoms with Crippen molar-refractivity contribution < 1.29 is 18.0 Å². The second-order valence-corrected chi connectivity index (χ2v) is 10.1. The van der Waals surface area contributed by atoms with Crippen molar-refractivity contribution in [3.05, 3.63) is 56.7 Å². The highest BCUT2D eigenvalue weighted by Crippen LogP contribution is 2.22. The lowest BCUT2D eigenvalue weighted by Gasteiger charge is -2.10. The molecule has 0 fully saturated rings. The molecule has 1 amide bonds. The first-order chi connectivity index (χ1) is 13.1. The highest BCUT2D eigenvalue weighted by atomic mass is 35.5. The fourth-order valence-corrected chi connectivity index (χ4v) is 4.92. The molecule has 1 aromatic carbocycles. The van der Waals surface area contributed by atoms with Crippen molar-refractivity contribution in [3.63, 3.8) is 0 Å². The minimum atomic E-state index is -3.37. The maximum Gasteiger partial charge on any atom is 0.220 e. The number of carbonyl (C=O) groups is 2. The van der Waals surface area contributed by atoms with E-state index in [0.29, 0.717) is 21.3 Å². The largest absolute Gasteiger partial charge is 0.352 e. The molecule has 9 heteroatoms. The number of halogens is 1. The van der Waals surface area contributed by atoms with E-state index in [4.69, 9.17) is 11.6 Å². The number of sulfonamides is 1. The lowest BCUT2D eigenvalue weighted by Crippen LogP contribution is -2.31. The molecule has 0 saturated carbocycles. The van der Waals surface area contributed by atoms with Gasteiger partial charge in [0.25, 0.3) is 0 Å². The van der Waals surface area contributed by atoms with Crippen LogP contribution in [0, 0.1) is 0 Å². The van der Waals surface area contributed by atoms with Gasteiger partial charge in [0.15, 0.2) is 5.78 Å². The van der Waals surface area contributed by atoms with Gasteiger partial charge in [-0.1, -0.05) is 35.9 Å². The summed E-state index contributed by atoms with van der Waals surface area (Å²) < 4.78 is 27.0. The molecule has 0 aliphatic heterocycles. The molecule has 0 saturated heterocycles. The first kappa shape index (κ1) is 22.5. The van der Waals surface area contributed by atoms with Crippen molar-refractivity contribution in [2.24, 2.45) is 0 Å². The van der Waals surface area contributed by atoms with Crippen LogP contribution >= 0.6 is 22.9 Å². The fourth-order valence-electron chi connectivity index (χ4n) is 2.48. The maximum absolute atomic E-state index is 12.0. The minimum Gasteiger partial charge on any atom is -0.352 e. The number of hydrogen-bond acceptors (Lipinski definition) is 5. The van der Waals surface area contributed by atoms with E-state index >= 15 is 0 Å². The third kappa shape index (κ3) is 7.71. The molecule has 0 unspecified atom stereocenters. The van der Waals surface area contributed by atoms with E-state index < -0.39 is 10.0 Å². The van der Waals surface area contributed by atoms with E-state index in [1.54, 1.807) is 50.2 Å². The highest BCUT2D eigenvalue weighted by Gasteiger charge is 2.13. The summed E-state index contributed by atoms with van der Waals surface area (Å²) in [5.41, 5.74) is 1.52. The van der Waals surface area contributed by atoms with Crippen molar-refractivity contribution in [3.8, 4) is 0 Å². The Kier molecular flexibility index (Phi) is 8.18. The third-order valence-electron chi connectivity index (χ3n) is 3.71. The topological polar surface area (TPSA) is 92.3 Å². The van der Waals surface area contributed by atoms with Crippen LogP contribution in [-0.4, -0.2) is 26.2 Å². The second-order valence-electron chi connectivity index (χ2n) is 6.65. The van der Waals surface area contributed by atoms with Crippen LogP contribution in [0.15, 0.2) is 36.4 Å². The lowest BCUT2D eigenvalue weighted by atomic mass is 10.1. The fraction of sp³-hybridized carbons (Fsp3) is 0.368. The number of ketones is 1. The highest BCUT2D eigenvalue weighted by molar-refractivity contribution is 7.88. The SMILES string of the molecule is CC(C)NS(=O)(=O)Cc1ccc(CNC(=O)CCC(=O)c2ccc(Cl)s2)cc1. The zero-order valence-corrected chi connectivity index (χ0v) is 18.1. The smallest absolute Gasteiger partial charge is 0.220 e. The Morgan fingerprint density at radius 1 is 1.04 bits per heavy atom. The molecule has 2 aromatic rings. The molecule has 152 valence electrons. The predicted octanol–water partition coefficient (Wildman–Crippen LogP) is 3.51. The minimum absolute atomic E-state index is 0.0906. The van der Waals surface area contributed by atoms with E-state index in [2.05, 4.69) is 10.0 Å². The summed E-state index contributed by atoms with van der Waals surface area (Å²) in [6.45, 7) is 3.86. The van der Waals surface area contributed by atoms with Crippen LogP contribution in [-0.2, 0) is 27.1 Å². The Morgan fingerprint density at radius 3 is 2.25 bits per heavy atom. The van der Waals surface area contributed by atoms with Crippen molar-refractivity contribution in [1.82, 2.24) is 10.0 Å². The molecule has 28 heavy (non-hydrogen) atoms. The van der Waals surface area contributed by atoms with Gasteiger partial charge in [-0.05, 0) is 37.1 Å². The first-order valence-electron chi connectivity index (χ1n) is 8.77. The van der Waals surface area contributed by atoms with Gasteiger partial charge >= 0.3 is 0 Å². The molecule has 0 aliphatic carbocycles. The van der Waals surface area contributed by atoms with Crippen molar-refractivity contribution in [2.75, 3.05) is 0 Å². The number of benzene rings is 1. The van der Waals surface area contributed by atoms with E-state index in [1.165, 1.54) is 11.3 Å². The van der Waals surface area contributed by atoms with Crippen LogP contribution in [0.2, 0.25) is 4.34 Å². The lowest BCUT2D eigenvalue weighted by molar-refractivity contribution is -0.121. The zero-order chi connectivity index (χ0) is 20.7. The van der Waals surface area contributed by atoms with E-state index in [1.807, 2.05) is 0 Å². The molecule has 2 N–H and O–H groups in total. The first-order valence-corrected chi connectivity index (χ1v) is 11.6. The predicted molar refractivity (Wildman–Crippen MR) is 112 cm³/mol. The summed E-state index contributed by atoms with van der Waals surface area (Å²) >= 11 is 7.01. The molecule has 1 aromatic heterocycles. The monoisotopic (exact) mass is 442 g/mol.